The number of nitrogens with one attached hydrogen (secondary N) is 2. The summed E-state index contributed by atoms with van der Waals surface area (Å²) in [4.78, 5) is 29.3. The molecule has 5 rings (SSSR count). The third-order valence-corrected chi connectivity index (χ3v) is 7.55. The number of carbonyl (C=O) groups excluding carboxylic acids is 1. The van der Waals surface area contributed by atoms with Gasteiger partial charge in [-0.2, -0.15) is 25.9 Å². The number of anilines is 1. The van der Waals surface area contributed by atoms with E-state index in [0.29, 0.717) is 39.7 Å². The number of aromatic nitrogens is 6. The lowest BCUT2D eigenvalue weighted by Crippen LogP contribution is -2.36. The van der Waals surface area contributed by atoms with E-state index in [0.717, 1.165) is 8.28 Å². The van der Waals surface area contributed by atoms with Crippen LogP contribution in [0.4, 0.5) is 23.7 Å². The minimum Gasteiger partial charge on any atom is -0.329 e. The van der Waals surface area contributed by atoms with Gasteiger partial charge in [-0.3, -0.25) is 4.40 Å². The number of nitrogens with zero attached hydrogens (tertiary/aromatic N) is 7. The Balaban J connectivity index is 1.41. The lowest BCUT2D eigenvalue weighted by molar-refractivity contribution is -0.122. The van der Waals surface area contributed by atoms with Gasteiger partial charge in [0.2, 0.25) is 0 Å². The summed E-state index contributed by atoms with van der Waals surface area (Å²) < 4.78 is 66.4. The van der Waals surface area contributed by atoms with Crippen LogP contribution in [-0.2, 0) is 10.2 Å². The molecule has 0 saturated carbocycles. The van der Waals surface area contributed by atoms with Crippen molar-refractivity contribution in [3.8, 4) is 34.2 Å². The fourth-order valence-electron chi connectivity index (χ4n) is 3.90. The second kappa shape index (κ2) is 10.6. The molecule has 2 amide bonds. The van der Waals surface area contributed by atoms with Crippen LogP contribution in [0, 0.1) is 0 Å². The maximum absolute atomic E-state index is 12.7. The summed E-state index contributed by atoms with van der Waals surface area (Å²) in [6.45, 7) is -1.45. The molecule has 4 heterocycles. The van der Waals surface area contributed by atoms with Gasteiger partial charge in [0.05, 0.1) is 11.9 Å². The summed E-state index contributed by atoms with van der Waals surface area (Å²) in [5, 5.41) is 4.15. The van der Waals surface area contributed by atoms with Crippen LogP contribution in [0.15, 0.2) is 73.4 Å². The molecule has 4 aromatic heterocycles. The van der Waals surface area contributed by atoms with Crippen molar-refractivity contribution < 1.29 is 26.4 Å². The van der Waals surface area contributed by atoms with Gasteiger partial charge in [0.15, 0.2) is 11.6 Å². The highest BCUT2D eigenvalue weighted by Crippen LogP contribution is 2.27. The van der Waals surface area contributed by atoms with Crippen molar-refractivity contribution in [1.82, 2.24) is 37.9 Å². The standard InChI is InChI=1S/C25H22F3N9O3S/c1-35(2)41(39,40)37-11-9-30-23(37)19-6-8-29-22(34-19)17-7-10-36-20(14-31-21(36)13-17)16-4-3-5-18(12-16)33-24(38)32-15-25(26,27)28/h3-14H,15H2,1-2H3,(H2,32,33,38). The van der Waals surface area contributed by atoms with Gasteiger partial charge < -0.3 is 10.6 Å². The summed E-state index contributed by atoms with van der Waals surface area (Å²) in [5.41, 5.74) is 3.08. The highest BCUT2D eigenvalue weighted by Gasteiger charge is 2.27. The molecule has 0 bridgehead atoms. The lowest BCUT2D eigenvalue weighted by Gasteiger charge is -2.14. The van der Waals surface area contributed by atoms with Crippen LogP contribution in [0.5, 0.6) is 0 Å². The Morgan fingerprint density at radius 1 is 1.00 bits per heavy atom. The van der Waals surface area contributed by atoms with Gasteiger partial charge in [-0.15, -0.1) is 0 Å². The van der Waals surface area contributed by atoms with E-state index in [1.54, 1.807) is 64.6 Å². The molecule has 41 heavy (non-hydrogen) atoms. The predicted molar refractivity (Wildman–Crippen MR) is 144 cm³/mol. The van der Waals surface area contributed by atoms with Crippen molar-refractivity contribution in [3.05, 3.63) is 73.4 Å². The zero-order chi connectivity index (χ0) is 29.4. The van der Waals surface area contributed by atoms with Gasteiger partial charge in [0.1, 0.15) is 17.9 Å². The number of imidazole rings is 2. The van der Waals surface area contributed by atoms with E-state index >= 15 is 0 Å². The monoisotopic (exact) mass is 585 g/mol. The summed E-state index contributed by atoms with van der Waals surface area (Å²) in [6.07, 6.45) is 3.05. The van der Waals surface area contributed by atoms with Crippen LogP contribution in [0.1, 0.15) is 0 Å². The van der Waals surface area contributed by atoms with Crippen LogP contribution < -0.4 is 10.6 Å². The zero-order valence-electron chi connectivity index (χ0n) is 21.5. The number of carbonyl (C=O) groups is 1. The number of alkyl halides is 3. The quantitative estimate of drug-likeness (QED) is 0.297. The molecule has 12 nitrogen and oxygen atoms in total. The Bertz CT molecular complexity index is 1850. The molecule has 1 aromatic carbocycles. The molecule has 0 aliphatic heterocycles. The minimum atomic E-state index is -4.52. The van der Waals surface area contributed by atoms with Crippen LogP contribution in [-0.4, -0.2) is 73.9 Å². The number of hydrogen-bond donors (Lipinski definition) is 2. The normalized spacial score (nSPS) is 12.1. The lowest BCUT2D eigenvalue weighted by atomic mass is 10.1. The molecule has 212 valence electrons. The second-order valence-corrected chi connectivity index (χ2v) is 10.9. The van der Waals surface area contributed by atoms with Crippen molar-refractivity contribution >= 4 is 27.6 Å². The molecule has 0 atom stereocenters. The fraction of sp³-hybridized carbons (Fsp3) is 0.160. The maximum atomic E-state index is 12.7. The SMILES string of the molecule is CN(C)S(=O)(=O)n1ccnc1-c1ccnc(-c2ccn3c(-c4cccc(NC(=O)NCC(F)(F)F)c4)cnc3c2)n1. The molecular formula is C25H22F3N9O3S. The third-order valence-electron chi connectivity index (χ3n) is 5.84. The molecule has 2 N–H and O–H groups in total. The number of halogens is 3. The number of benzene rings is 1. The van der Waals surface area contributed by atoms with Crippen LogP contribution in [0.3, 0.4) is 0 Å². The van der Waals surface area contributed by atoms with Crippen molar-refractivity contribution in [2.24, 2.45) is 0 Å². The summed E-state index contributed by atoms with van der Waals surface area (Å²) in [5.74, 6) is 0.453. The van der Waals surface area contributed by atoms with Crippen LogP contribution in [0.25, 0.3) is 39.8 Å². The zero-order valence-corrected chi connectivity index (χ0v) is 22.3. The number of urea groups is 1. The Morgan fingerprint density at radius 2 is 1.80 bits per heavy atom. The van der Waals surface area contributed by atoms with Gasteiger partial charge >= 0.3 is 22.4 Å². The van der Waals surface area contributed by atoms with Crippen molar-refractivity contribution in [1.29, 1.82) is 0 Å². The average molecular weight is 586 g/mol. The Morgan fingerprint density at radius 3 is 2.56 bits per heavy atom. The molecule has 0 aliphatic rings. The maximum Gasteiger partial charge on any atom is 0.405 e. The van der Waals surface area contributed by atoms with Gasteiger partial charge in [-0.1, -0.05) is 12.1 Å². The fourth-order valence-corrected chi connectivity index (χ4v) is 4.82. The number of hydrogen-bond acceptors (Lipinski definition) is 7. The van der Waals surface area contributed by atoms with E-state index in [1.165, 1.54) is 32.7 Å². The topological polar surface area (TPSA) is 139 Å². The predicted octanol–water partition coefficient (Wildman–Crippen LogP) is 3.66. The molecule has 0 radical (unpaired) electrons. The molecule has 0 spiro atoms. The number of fused-ring (bicyclic) bond motifs is 1. The van der Waals surface area contributed by atoms with Crippen molar-refractivity contribution in [3.63, 3.8) is 0 Å². The highest BCUT2D eigenvalue weighted by molar-refractivity contribution is 7.87. The van der Waals surface area contributed by atoms with E-state index in [1.807, 2.05) is 0 Å². The minimum absolute atomic E-state index is 0.132. The van der Waals surface area contributed by atoms with Crippen molar-refractivity contribution in [2.75, 3.05) is 26.0 Å². The van der Waals surface area contributed by atoms with Gasteiger partial charge in [-0.05, 0) is 30.3 Å². The number of rotatable bonds is 7. The van der Waals surface area contributed by atoms with Crippen LogP contribution in [0.2, 0.25) is 0 Å². The third kappa shape index (κ3) is 5.87. The Hall–Kier alpha value is -4.83. The van der Waals surface area contributed by atoms with Gasteiger partial charge in [-0.25, -0.2) is 28.7 Å². The second-order valence-electron chi connectivity index (χ2n) is 8.89. The van der Waals surface area contributed by atoms with Crippen LogP contribution >= 0.6 is 0 Å². The van der Waals surface area contributed by atoms with E-state index in [2.05, 4.69) is 25.3 Å². The van der Waals surface area contributed by atoms with Crippen molar-refractivity contribution in [2.45, 2.75) is 6.18 Å². The first-order valence-corrected chi connectivity index (χ1v) is 13.3. The molecule has 0 aliphatic carbocycles. The van der Waals surface area contributed by atoms with E-state index in [-0.39, 0.29) is 5.82 Å². The van der Waals surface area contributed by atoms with E-state index in [4.69, 9.17) is 0 Å². The van der Waals surface area contributed by atoms with Gasteiger partial charge in [0.25, 0.3) is 0 Å². The average Bonchev–Trinajstić information content (AvgIpc) is 3.59. The number of pyridine rings is 1. The summed E-state index contributed by atoms with van der Waals surface area (Å²) in [7, 11) is -0.984. The Kier molecular flexibility index (Phi) is 7.18. The molecule has 16 heteroatoms. The molecular weight excluding hydrogens is 563 g/mol. The molecule has 0 fully saturated rings. The summed E-state index contributed by atoms with van der Waals surface area (Å²) >= 11 is 0. The first-order valence-electron chi connectivity index (χ1n) is 11.9. The first kappa shape index (κ1) is 27.7. The first-order chi connectivity index (χ1) is 19.4. The van der Waals surface area contributed by atoms with E-state index < -0.39 is 29.0 Å². The highest BCUT2D eigenvalue weighted by atomic mass is 32.2. The summed E-state index contributed by atoms with van der Waals surface area (Å²) in [6, 6.07) is 10.7. The Labute approximate surface area is 231 Å². The molecule has 5 aromatic rings. The number of amides is 2. The smallest absolute Gasteiger partial charge is 0.329 e. The largest absolute Gasteiger partial charge is 0.405 e. The molecule has 0 unspecified atom stereocenters. The molecule has 0 saturated heterocycles. The van der Waals surface area contributed by atoms with Gasteiger partial charge in [0, 0.05) is 55.7 Å². The van der Waals surface area contributed by atoms with E-state index in [9.17, 15) is 26.4 Å².